The number of alkyl halides is 1. The lowest BCUT2D eigenvalue weighted by Crippen LogP contribution is -2.21. The summed E-state index contributed by atoms with van der Waals surface area (Å²) in [5.41, 5.74) is 1.54. The van der Waals surface area contributed by atoms with Crippen LogP contribution in [0.4, 0.5) is 0 Å². The quantitative estimate of drug-likeness (QED) is 0.646. The molecule has 0 N–H and O–H groups in total. The van der Waals surface area contributed by atoms with Crippen LogP contribution in [0.2, 0.25) is 0 Å². The maximum atomic E-state index is 11.4. The number of carbonyl (C=O) groups excluding carboxylic acids is 1. The predicted molar refractivity (Wildman–Crippen MR) is 71.4 cm³/mol. The SMILES string of the molecule is COC(=O)C(Br)Cn1ccc2ccc(C#N)cc21. The Balaban J connectivity index is 2.34. The van der Waals surface area contributed by atoms with Gasteiger partial charge in [0.1, 0.15) is 4.83 Å². The Morgan fingerprint density at radius 1 is 1.56 bits per heavy atom. The lowest BCUT2D eigenvalue weighted by molar-refractivity contribution is -0.140. The van der Waals surface area contributed by atoms with Gasteiger partial charge in [0.25, 0.3) is 0 Å². The van der Waals surface area contributed by atoms with E-state index in [1.807, 2.05) is 29.0 Å². The lowest BCUT2D eigenvalue weighted by atomic mass is 10.2. The van der Waals surface area contributed by atoms with Crippen molar-refractivity contribution in [1.29, 1.82) is 5.26 Å². The summed E-state index contributed by atoms with van der Waals surface area (Å²) in [6.45, 7) is 0.463. The largest absolute Gasteiger partial charge is 0.468 e. The first-order valence-corrected chi connectivity index (χ1v) is 6.28. The number of benzene rings is 1. The minimum Gasteiger partial charge on any atom is -0.468 e. The number of aromatic nitrogens is 1. The molecule has 1 aromatic carbocycles. The van der Waals surface area contributed by atoms with Crippen LogP contribution in [0, 0.1) is 11.3 Å². The third-order valence-corrected chi connectivity index (χ3v) is 3.38. The zero-order chi connectivity index (χ0) is 13.1. The van der Waals surface area contributed by atoms with Crippen molar-refractivity contribution in [2.75, 3.05) is 7.11 Å². The molecule has 0 saturated heterocycles. The van der Waals surface area contributed by atoms with Crippen molar-refractivity contribution in [2.45, 2.75) is 11.4 Å². The average molecular weight is 307 g/mol. The van der Waals surface area contributed by atoms with Gasteiger partial charge < -0.3 is 9.30 Å². The van der Waals surface area contributed by atoms with Crippen LogP contribution in [0.25, 0.3) is 10.9 Å². The van der Waals surface area contributed by atoms with E-state index in [4.69, 9.17) is 5.26 Å². The van der Waals surface area contributed by atoms with Crippen molar-refractivity contribution in [1.82, 2.24) is 4.57 Å². The molecule has 2 aromatic rings. The highest BCUT2D eigenvalue weighted by atomic mass is 79.9. The number of esters is 1. The van der Waals surface area contributed by atoms with Gasteiger partial charge in [-0.2, -0.15) is 5.26 Å². The molecule has 1 unspecified atom stereocenters. The molecule has 0 spiro atoms. The van der Waals surface area contributed by atoms with Crippen LogP contribution in [-0.2, 0) is 16.1 Å². The second-order valence-electron chi connectivity index (χ2n) is 3.84. The van der Waals surface area contributed by atoms with Crippen LogP contribution in [0.5, 0.6) is 0 Å². The molecule has 0 aliphatic heterocycles. The molecule has 4 nitrogen and oxygen atoms in total. The van der Waals surface area contributed by atoms with Crippen molar-refractivity contribution in [2.24, 2.45) is 0 Å². The Bertz CT molecular complexity index is 627. The molecule has 92 valence electrons. The molecule has 0 saturated carbocycles. The molecule has 0 radical (unpaired) electrons. The van der Waals surface area contributed by atoms with Crippen LogP contribution in [-0.4, -0.2) is 22.5 Å². The predicted octanol–water partition coefficient (Wildman–Crippen LogP) is 2.45. The number of carbonyl (C=O) groups is 1. The Hall–Kier alpha value is -1.80. The van der Waals surface area contributed by atoms with Crippen LogP contribution in [0.15, 0.2) is 30.5 Å². The number of halogens is 1. The normalized spacial score (nSPS) is 12.1. The third-order valence-electron chi connectivity index (χ3n) is 2.72. The van der Waals surface area contributed by atoms with Gasteiger partial charge in [-0.05, 0) is 23.6 Å². The fraction of sp³-hybridized carbons (Fsp3) is 0.231. The summed E-state index contributed by atoms with van der Waals surface area (Å²) in [5.74, 6) is -0.312. The molecule has 1 atom stereocenters. The minimum absolute atomic E-state index is 0.312. The lowest BCUT2D eigenvalue weighted by Gasteiger charge is -2.10. The van der Waals surface area contributed by atoms with E-state index >= 15 is 0 Å². The molecule has 18 heavy (non-hydrogen) atoms. The van der Waals surface area contributed by atoms with Crippen LogP contribution in [0.3, 0.4) is 0 Å². The van der Waals surface area contributed by atoms with Crippen LogP contribution < -0.4 is 0 Å². The third kappa shape index (κ3) is 2.39. The summed E-state index contributed by atoms with van der Waals surface area (Å²) in [5, 5.41) is 9.93. The van der Waals surface area contributed by atoms with Crippen molar-refractivity contribution in [3.63, 3.8) is 0 Å². The number of nitriles is 1. The van der Waals surface area contributed by atoms with E-state index in [1.54, 1.807) is 6.07 Å². The second kappa shape index (κ2) is 5.23. The molecule has 1 heterocycles. The van der Waals surface area contributed by atoms with Gasteiger partial charge in [0.05, 0.1) is 18.7 Å². The number of nitrogens with zero attached hydrogens (tertiary/aromatic N) is 2. The maximum Gasteiger partial charge on any atom is 0.321 e. The Labute approximate surface area is 113 Å². The topological polar surface area (TPSA) is 55.0 Å². The van der Waals surface area contributed by atoms with Gasteiger partial charge >= 0.3 is 5.97 Å². The van der Waals surface area contributed by atoms with Gasteiger partial charge in [0.2, 0.25) is 0 Å². The zero-order valence-electron chi connectivity index (χ0n) is 9.76. The first-order chi connectivity index (χ1) is 8.65. The number of ether oxygens (including phenoxy) is 1. The molecule has 2 rings (SSSR count). The molecule has 0 fully saturated rings. The Kier molecular flexibility index (Phi) is 3.68. The minimum atomic E-state index is -0.399. The fourth-order valence-corrected chi connectivity index (χ4v) is 2.29. The number of fused-ring (bicyclic) bond motifs is 1. The first kappa shape index (κ1) is 12.7. The summed E-state index contributed by atoms with van der Waals surface area (Å²) in [6, 6.07) is 9.54. The van der Waals surface area contributed by atoms with Gasteiger partial charge in [0.15, 0.2) is 0 Å². The number of methoxy groups -OCH3 is 1. The number of rotatable bonds is 3. The second-order valence-corrected chi connectivity index (χ2v) is 4.95. The molecule has 0 bridgehead atoms. The molecular weight excluding hydrogens is 296 g/mol. The smallest absolute Gasteiger partial charge is 0.321 e. The van der Waals surface area contributed by atoms with Crippen molar-refractivity contribution < 1.29 is 9.53 Å². The van der Waals surface area contributed by atoms with E-state index < -0.39 is 4.83 Å². The monoisotopic (exact) mass is 306 g/mol. The molecule has 1 aromatic heterocycles. The average Bonchev–Trinajstić information content (AvgIpc) is 2.80. The van der Waals surface area contributed by atoms with Crippen LogP contribution >= 0.6 is 15.9 Å². The standard InChI is InChI=1S/C13H11BrN2O2/c1-18-13(17)11(14)8-16-5-4-10-3-2-9(7-15)6-12(10)16/h2-6,11H,8H2,1H3. The molecule has 0 aliphatic rings. The van der Waals surface area contributed by atoms with Gasteiger partial charge in [-0.25, -0.2) is 0 Å². The van der Waals surface area contributed by atoms with Crippen LogP contribution in [0.1, 0.15) is 5.56 Å². The summed E-state index contributed by atoms with van der Waals surface area (Å²) in [6.07, 6.45) is 1.89. The van der Waals surface area contributed by atoms with E-state index in [1.165, 1.54) is 7.11 Å². The van der Waals surface area contributed by atoms with Gasteiger partial charge in [0, 0.05) is 18.3 Å². The fourth-order valence-electron chi connectivity index (χ4n) is 1.79. The first-order valence-electron chi connectivity index (χ1n) is 5.36. The zero-order valence-corrected chi connectivity index (χ0v) is 11.3. The highest BCUT2D eigenvalue weighted by Gasteiger charge is 2.16. The Morgan fingerprint density at radius 3 is 3.00 bits per heavy atom. The van der Waals surface area contributed by atoms with E-state index in [0.717, 1.165) is 10.9 Å². The summed E-state index contributed by atoms with van der Waals surface area (Å²) < 4.78 is 6.59. The number of hydrogen-bond acceptors (Lipinski definition) is 3. The Morgan fingerprint density at radius 2 is 2.33 bits per heavy atom. The number of hydrogen-bond donors (Lipinski definition) is 0. The molecule has 0 aliphatic carbocycles. The maximum absolute atomic E-state index is 11.4. The van der Waals surface area contributed by atoms with Gasteiger partial charge in [-0.1, -0.05) is 22.0 Å². The van der Waals surface area contributed by atoms with E-state index in [-0.39, 0.29) is 5.97 Å². The van der Waals surface area contributed by atoms with E-state index in [9.17, 15) is 4.79 Å². The van der Waals surface area contributed by atoms with Crippen molar-refractivity contribution >= 4 is 32.8 Å². The highest BCUT2D eigenvalue weighted by molar-refractivity contribution is 9.10. The van der Waals surface area contributed by atoms with Gasteiger partial charge in [-0.3, -0.25) is 4.79 Å². The van der Waals surface area contributed by atoms with Crippen molar-refractivity contribution in [3.05, 3.63) is 36.0 Å². The molecular formula is C13H11BrN2O2. The summed E-state index contributed by atoms with van der Waals surface area (Å²) in [7, 11) is 1.36. The van der Waals surface area contributed by atoms with Gasteiger partial charge in [-0.15, -0.1) is 0 Å². The summed E-state index contributed by atoms with van der Waals surface area (Å²) >= 11 is 3.29. The molecule has 5 heteroatoms. The van der Waals surface area contributed by atoms with E-state index in [0.29, 0.717) is 12.1 Å². The van der Waals surface area contributed by atoms with E-state index in [2.05, 4.69) is 26.7 Å². The highest BCUT2D eigenvalue weighted by Crippen LogP contribution is 2.19. The molecule has 0 amide bonds. The summed E-state index contributed by atoms with van der Waals surface area (Å²) in [4.78, 5) is 11.0. The van der Waals surface area contributed by atoms with Crippen molar-refractivity contribution in [3.8, 4) is 6.07 Å².